The molecule has 8 heteroatoms. The highest BCUT2D eigenvalue weighted by Crippen LogP contribution is 2.39. The van der Waals surface area contributed by atoms with E-state index >= 15 is 0 Å². The van der Waals surface area contributed by atoms with Gasteiger partial charge in [-0.25, -0.2) is 19.3 Å². The first-order valence-corrected chi connectivity index (χ1v) is 7.82. The van der Waals surface area contributed by atoms with Gasteiger partial charge in [0.05, 0.1) is 11.4 Å². The van der Waals surface area contributed by atoms with Crippen LogP contribution >= 0.6 is 0 Å². The average molecular weight is 345 g/mol. The Morgan fingerprint density at radius 1 is 1.40 bits per heavy atom. The second-order valence-electron chi connectivity index (χ2n) is 5.75. The lowest BCUT2D eigenvalue weighted by Gasteiger charge is -2.08. The maximum absolute atomic E-state index is 13.9. The highest BCUT2D eigenvalue weighted by molar-refractivity contribution is 5.50. The zero-order valence-corrected chi connectivity index (χ0v) is 13.6. The number of rotatable bonds is 7. The summed E-state index contributed by atoms with van der Waals surface area (Å²) in [5.41, 5.74) is 8.35. The van der Waals surface area contributed by atoms with E-state index in [2.05, 4.69) is 20.4 Å². The molecule has 0 aliphatic heterocycles. The lowest BCUT2D eigenvalue weighted by Crippen LogP contribution is -2.06. The number of halogens is 2. The lowest BCUT2D eigenvalue weighted by molar-refractivity contribution is 0.319. The Morgan fingerprint density at radius 3 is 2.92 bits per heavy atom. The molecule has 1 saturated carbocycles. The van der Waals surface area contributed by atoms with Crippen LogP contribution in [-0.4, -0.2) is 16.6 Å². The van der Waals surface area contributed by atoms with Crippen molar-refractivity contribution in [2.45, 2.75) is 25.7 Å². The largest absolute Gasteiger partial charge is 0.457 e. The maximum Gasteiger partial charge on any atom is 0.316 e. The Morgan fingerprint density at radius 2 is 2.20 bits per heavy atom. The van der Waals surface area contributed by atoms with E-state index in [1.54, 1.807) is 6.20 Å². The molecule has 25 heavy (non-hydrogen) atoms. The van der Waals surface area contributed by atoms with Gasteiger partial charge in [0.25, 0.3) is 0 Å². The minimum atomic E-state index is -0.693. The fourth-order valence-corrected chi connectivity index (χ4v) is 2.21. The first kappa shape index (κ1) is 16.9. The molecule has 1 aliphatic rings. The number of aromatic nitrogens is 2. The van der Waals surface area contributed by atoms with Gasteiger partial charge in [-0.05, 0) is 38.0 Å². The zero-order chi connectivity index (χ0) is 17.8. The van der Waals surface area contributed by atoms with Gasteiger partial charge >= 0.3 is 6.01 Å². The van der Waals surface area contributed by atoms with Gasteiger partial charge < -0.3 is 10.1 Å². The lowest BCUT2D eigenvalue weighted by atomic mass is 10.2. The van der Waals surface area contributed by atoms with E-state index in [1.807, 2.05) is 6.07 Å². The van der Waals surface area contributed by atoms with Crippen molar-refractivity contribution in [3.05, 3.63) is 59.2 Å². The molecule has 1 fully saturated rings. The van der Waals surface area contributed by atoms with Gasteiger partial charge in [-0.3, -0.25) is 0 Å². The molecule has 0 amide bonds. The number of hydrogen-bond acceptors (Lipinski definition) is 6. The van der Waals surface area contributed by atoms with E-state index in [4.69, 9.17) is 10.3 Å². The van der Waals surface area contributed by atoms with Crippen molar-refractivity contribution in [2.75, 3.05) is 11.9 Å². The first-order chi connectivity index (χ1) is 12.1. The Kier molecular flexibility index (Phi) is 4.97. The molecule has 0 bridgehead atoms. The summed E-state index contributed by atoms with van der Waals surface area (Å²) in [4.78, 5) is 8.33. The third-order valence-corrected chi connectivity index (χ3v) is 3.86. The Bertz CT molecular complexity index is 821. The minimum Gasteiger partial charge on any atom is -0.457 e. The van der Waals surface area contributed by atoms with Crippen LogP contribution in [0.5, 0.6) is 6.01 Å². The molecule has 0 radical (unpaired) electrons. The van der Waals surface area contributed by atoms with Gasteiger partial charge in [0.2, 0.25) is 0 Å². The second kappa shape index (κ2) is 7.33. The quantitative estimate of drug-likeness (QED) is 0.733. The van der Waals surface area contributed by atoms with E-state index in [0.717, 1.165) is 18.5 Å². The summed E-state index contributed by atoms with van der Waals surface area (Å²) in [5.74, 6) is -0.831. The number of nitrogens with one attached hydrogen (secondary N) is 2. The molecule has 2 aromatic rings. The molecular weight excluding hydrogens is 328 g/mol. The predicted octanol–water partition coefficient (Wildman–Crippen LogP) is 4.30. The number of anilines is 1. The van der Waals surface area contributed by atoms with Crippen molar-refractivity contribution in [1.82, 2.24) is 9.97 Å². The number of ether oxygens (including phenoxy) is 1. The van der Waals surface area contributed by atoms with Crippen LogP contribution in [0, 0.1) is 24.1 Å². The molecule has 6 nitrogen and oxygen atoms in total. The Labute approximate surface area is 143 Å². The van der Waals surface area contributed by atoms with Gasteiger partial charge in [0.1, 0.15) is 18.1 Å². The summed E-state index contributed by atoms with van der Waals surface area (Å²) >= 11 is 0. The second-order valence-corrected chi connectivity index (χ2v) is 5.75. The number of hydrogen-bond donors (Lipinski definition) is 2. The molecule has 1 aromatic carbocycles. The van der Waals surface area contributed by atoms with Crippen molar-refractivity contribution >= 4 is 5.69 Å². The topological polar surface area (TPSA) is 83.2 Å². The summed E-state index contributed by atoms with van der Waals surface area (Å²) in [5, 5.41) is 6.00. The molecule has 0 saturated heterocycles. The van der Waals surface area contributed by atoms with Gasteiger partial charge in [0.15, 0.2) is 5.82 Å². The SMILES string of the molecule is Cc1c(F)ccc(N/C=C(/COc2nccc(C3CC3)n2)N=N)c1F. The molecule has 1 heterocycles. The van der Waals surface area contributed by atoms with Crippen LogP contribution in [0.1, 0.15) is 30.0 Å². The van der Waals surface area contributed by atoms with Crippen LogP contribution in [0.3, 0.4) is 0 Å². The maximum atomic E-state index is 13.9. The van der Waals surface area contributed by atoms with E-state index in [-0.39, 0.29) is 29.6 Å². The first-order valence-electron chi connectivity index (χ1n) is 7.82. The summed E-state index contributed by atoms with van der Waals surface area (Å²) in [6, 6.07) is 4.51. The molecule has 2 N–H and O–H groups in total. The van der Waals surface area contributed by atoms with Crippen LogP contribution in [-0.2, 0) is 0 Å². The highest BCUT2D eigenvalue weighted by atomic mass is 19.1. The summed E-state index contributed by atoms with van der Waals surface area (Å²) in [6.45, 7) is 1.30. The number of benzene rings is 1. The molecule has 0 spiro atoms. The van der Waals surface area contributed by atoms with Crippen molar-refractivity contribution in [1.29, 1.82) is 5.53 Å². The third kappa shape index (κ3) is 4.14. The standard InChI is InChI=1S/C17H17F2N5O/c1-10-13(18)4-5-15(16(10)19)22-8-12(24-20)9-25-17-21-7-6-14(23-17)11-2-3-11/h4-8,11,20,22H,2-3,9H2,1H3/b12-8-,24-20?. The number of nitrogens with zero attached hydrogens (tertiary/aromatic N) is 3. The fraction of sp³-hybridized carbons (Fsp3) is 0.294. The Balaban J connectivity index is 1.64. The smallest absolute Gasteiger partial charge is 0.316 e. The van der Waals surface area contributed by atoms with Crippen molar-refractivity contribution in [3.63, 3.8) is 0 Å². The zero-order valence-electron chi connectivity index (χ0n) is 13.6. The minimum absolute atomic E-state index is 0.0492. The summed E-state index contributed by atoms with van der Waals surface area (Å²) in [7, 11) is 0. The van der Waals surface area contributed by atoms with Gasteiger partial charge in [-0.2, -0.15) is 10.1 Å². The molecule has 0 unspecified atom stereocenters. The fourth-order valence-electron chi connectivity index (χ4n) is 2.21. The van der Waals surface area contributed by atoms with Crippen molar-refractivity contribution in [2.24, 2.45) is 5.11 Å². The molecule has 1 aromatic heterocycles. The van der Waals surface area contributed by atoms with E-state index in [1.165, 1.54) is 25.3 Å². The molecular formula is C17H17F2N5O. The van der Waals surface area contributed by atoms with Crippen LogP contribution < -0.4 is 10.1 Å². The van der Waals surface area contributed by atoms with E-state index in [0.29, 0.717) is 5.92 Å². The predicted molar refractivity (Wildman–Crippen MR) is 87.5 cm³/mol. The Hall–Kier alpha value is -2.90. The van der Waals surface area contributed by atoms with E-state index < -0.39 is 11.6 Å². The van der Waals surface area contributed by atoms with E-state index in [9.17, 15) is 8.78 Å². The van der Waals surface area contributed by atoms with Crippen LogP contribution in [0.4, 0.5) is 14.5 Å². The molecule has 1 aliphatic carbocycles. The highest BCUT2D eigenvalue weighted by Gasteiger charge is 2.25. The molecule has 3 rings (SSSR count). The molecule has 0 atom stereocenters. The molecule has 130 valence electrons. The average Bonchev–Trinajstić information content (AvgIpc) is 3.47. The van der Waals surface area contributed by atoms with Crippen molar-refractivity contribution in [3.8, 4) is 6.01 Å². The third-order valence-electron chi connectivity index (χ3n) is 3.86. The van der Waals surface area contributed by atoms with Crippen LogP contribution in [0.15, 0.2) is 41.4 Å². The van der Waals surface area contributed by atoms with Crippen LogP contribution in [0.2, 0.25) is 0 Å². The van der Waals surface area contributed by atoms with Gasteiger partial charge in [0, 0.05) is 23.9 Å². The van der Waals surface area contributed by atoms with Gasteiger partial charge in [-0.1, -0.05) is 0 Å². The monoisotopic (exact) mass is 345 g/mol. The van der Waals surface area contributed by atoms with Gasteiger partial charge in [-0.15, -0.1) is 0 Å². The summed E-state index contributed by atoms with van der Waals surface area (Å²) < 4.78 is 32.6. The normalized spacial score (nSPS) is 14.3. The van der Waals surface area contributed by atoms with Crippen LogP contribution in [0.25, 0.3) is 0 Å². The van der Waals surface area contributed by atoms with Crippen molar-refractivity contribution < 1.29 is 13.5 Å². The summed E-state index contributed by atoms with van der Waals surface area (Å²) in [6.07, 6.45) is 5.20.